The summed E-state index contributed by atoms with van der Waals surface area (Å²) in [6, 6.07) is 13.3. The Morgan fingerprint density at radius 3 is 2.45 bits per heavy atom. The van der Waals surface area contributed by atoms with E-state index in [9.17, 15) is 4.79 Å². The number of hydrogen-bond acceptors (Lipinski definition) is 7. The van der Waals surface area contributed by atoms with Crippen LogP contribution >= 0.6 is 0 Å². The maximum Gasteiger partial charge on any atom is 0.227 e. The minimum absolute atomic E-state index is 0.0338. The molecule has 8 nitrogen and oxygen atoms in total. The Labute approximate surface area is 180 Å². The average Bonchev–Trinajstić information content (AvgIpc) is 2.85. The van der Waals surface area contributed by atoms with Crippen LogP contribution in [0.1, 0.15) is 12.8 Å². The predicted octanol–water partition coefficient (Wildman–Crippen LogP) is 3.16. The molecule has 1 aromatic carbocycles. The van der Waals surface area contributed by atoms with Crippen molar-refractivity contribution in [3.8, 4) is 22.8 Å². The summed E-state index contributed by atoms with van der Waals surface area (Å²) < 4.78 is 11.1. The van der Waals surface area contributed by atoms with Gasteiger partial charge in [-0.3, -0.25) is 9.78 Å². The lowest BCUT2D eigenvalue weighted by Gasteiger charge is -2.31. The van der Waals surface area contributed by atoms with E-state index < -0.39 is 0 Å². The summed E-state index contributed by atoms with van der Waals surface area (Å²) in [6.45, 7) is 2.61. The van der Waals surface area contributed by atoms with Crippen molar-refractivity contribution in [1.82, 2.24) is 15.2 Å². The van der Waals surface area contributed by atoms with Crippen LogP contribution in [-0.2, 0) is 4.79 Å². The largest absolute Gasteiger partial charge is 0.486 e. The molecule has 0 atom stereocenters. The van der Waals surface area contributed by atoms with Crippen LogP contribution in [0.4, 0.5) is 11.5 Å². The lowest BCUT2D eigenvalue weighted by atomic mass is 9.95. The van der Waals surface area contributed by atoms with Crippen molar-refractivity contribution in [1.29, 1.82) is 0 Å². The third-order valence-corrected chi connectivity index (χ3v) is 5.63. The first-order valence-electron chi connectivity index (χ1n) is 10.5. The molecule has 1 saturated heterocycles. The molecule has 0 aliphatic carbocycles. The minimum atomic E-state index is -0.0338. The van der Waals surface area contributed by atoms with Gasteiger partial charge in [-0.15, -0.1) is 10.2 Å². The number of rotatable bonds is 4. The standard InChI is InChI=1S/C23H23N5O3/c29-23(25-18-1-3-20-21(15-18)31-14-13-30-20)17-7-11-28(12-8-17)22-4-2-19(26-27-22)16-5-9-24-10-6-16/h1-6,9-10,15,17H,7-8,11-14H2,(H,25,29). The molecule has 1 amide bonds. The fourth-order valence-corrected chi connectivity index (χ4v) is 3.91. The van der Waals surface area contributed by atoms with E-state index in [1.807, 2.05) is 42.5 Å². The van der Waals surface area contributed by atoms with Gasteiger partial charge >= 0.3 is 0 Å². The summed E-state index contributed by atoms with van der Waals surface area (Å²) in [4.78, 5) is 19.0. The van der Waals surface area contributed by atoms with Crippen molar-refractivity contribution in [3.63, 3.8) is 0 Å². The second-order valence-corrected chi connectivity index (χ2v) is 7.62. The molecule has 5 rings (SSSR count). The molecule has 2 aliphatic heterocycles. The summed E-state index contributed by atoms with van der Waals surface area (Å²) in [6.07, 6.45) is 5.02. The van der Waals surface area contributed by atoms with Crippen LogP contribution in [0.15, 0.2) is 54.9 Å². The summed E-state index contributed by atoms with van der Waals surface area (Å²) in [5.74, 6) is 2.23. The number of benzene rings is 1. The molecule has 4 heterocycles. The fraction of sp³-hybridized carbons (Fsp3) is 0.304. The van der Waals surface area contributed by atoms with Crippen molar-refractivity contribution >= 4 is 17.4 Å². The van der Waals surface area contributed by atoms with Crippen molar-refractivity contribution in [2.45, 2.75) is 12.8 Å². The average molecular weight is 417 g/mol. The first-order valence-corrected chi connectivity index (χ1v) is 10.5. The van der Waals surface area contributed by atoms with Gasteiger partial charge in [0.15, 0.2) is 17.3 Å². The normalized spacial score (nSPS) is 16.1. The second-order valence-electron chi connectivity index (χ2n) is 7.62. The highest BCUT2D eigenvalue weighted by atomic mass is 16.6. The topological polar surface area (TPSA) is 89.5 Å². The maximum absolute atomic E-state index is 12.7. The van der Waals surface area contributed by atoms with Crippen molar-refractivity contribution in [2.24, 2.45) is 5.92 Å². The molecule has 0 saturated carbocycles. The van der Waals surface area contributed by atoms with E-state index in [0.29, 0.717) is 24.7 Å². The Morgan fingerprint density at radius 2 is 1.71 bits per heavy atom. The quantitative estimate of drug-likeness (QED) is 0.697. The lowest BCUT2D eigenvalue weighted by Crippen LogP contribution is -2.38. The second kappa shape index (κ2) is 8.59. The van der Waals surface area contributed by atoms with Gasteiger partial charge in [-0.2, -0.15) is 0 Å². The van der Waals surface area contributed by atoms with Crippen LogP contribution in [0, 0.1) is 5.92 Å². The van der Waals surface area contributed by atoms with Gasteiger partial charge in [-0.1, -0.05) is 0 Å². The van der Waals surface area contributed by atoms with Crippen molar-refractivity contribution in [2.75, 3.05) is 36.5 Å². The summed E-state index contributed by atoms with van der Waals surface area (Å²) in [5, 5.41) is 11.8. The van der Waals surface area contributed by atoms with Crippen LogP contribution < -0.4 is 19.7 Å². The molecular weight excluding hydrogens is 394 g/mol. The number of anilines is 2. The highest BCUT2D eigenvalue weighted by Gasteiger charge is 2.26. The zero-order valence-corrected chi connectivity index (χ0v) is 17.0. The summed E-state index contributed by atoms with van der Waals surface area (Å²) in [7, 11) is 0. The number of nitrogens with zero attached hydrogens (tertiary/aromatic N) is 4. The molecule has 3 aromatic rings. The van der Waals surface area contributed by atoms with E-state index in [4.69, 9.17) is 9.47 Å². The van der Waals surface area contributed by atoms with Crippen LogP contribution in [0.2, 0.25) is 0 Å². The predicted molar refractivity (Wildman–Crippen MR) is 116 cm³/mol. The molecule has 0 bridgehead atoms. The van der Waals surface area contributed by atoms with Crippen molar-refractivity contribution < 1.29 is 14.3 Å². The smallest absolute Gasteiger partial charge is 0.227 e. The van der Waals surface area contributed by atoms with Gasteiger partial charge in [0.1, 0.15) is 13.2 Å². The van der Waals surface area contributed by atoms with Gasteiger partial charge in [-0.05, 0) is 49.2 Å². The van der Waals surface area contributed by atoms with Gasteiger partial charge in [0.2, 0.25) is 5.91 Å². The zero-order valence-electron chi connectivity index (χ0n) is 17.0. The maximum atomic E-state index is 12.7. The highest BCUT2D eigenvalue weighted by Crippen LogP contribution is 2.33. The van der Waals surface area contributed by atoms with E-state index in [0.717, 1.165) is 48.7 Å². The van der Waals surface area contributed by atoms with Gasteiger partial charge in [0.05, 0.1) is 5.69 Å². The van der Waals surface area contributed by atoms with Crippen LogP contribution in [0.3, 0.4) is 0 Å². The first-order chi connectivity index (χ1) is 15.3. The van der Waals surface area contributed by atoms with Gasteiger partial charge in [-0.25, -0.2) is 0 Å². The Balaban J connectivity index is 1.17. The minimum Gasteiger partial charge on any atom is -0.486 e. The Hall–Kier alpha value is -3.68. The number of hydrogen-bond donors (Lipinski definition) is 1. The van der Waals surface area contributed by atoms with Crippen molar-refractivity contribution in [3.05, 3.63) is 54.9 Å². The molecule has 0 radical (unpaired) electrons. The molecule has 1 fully saturated rings. The third kappa shape index (κ3) is 4.28. The number of piperidine rings is 1. The van der Waals surface area contributed by atoms with E-state index in [-0.39, 0.29) is 11.8 Å². The van der Waals surface area contributed by atoms with Gasteiger partial charge in [0, 0.05) is 48.7 Å². The molecule has 158 valence electrons. The zero-order chi connectivity index (χ0) is 21.0. The van der Waals surface area contributed by atoms with Gasteiger partial charge < -0.3 is 19.7 Å². The molecular formula is C23H23N5O3. The monoisotopic (exact) mass is 417 g/mol. The first kappa shape index (κ1) is 19.3. The molecule has 1 N–H and O–H groups in total. The SMILES string of the molecule is O=C(Nc1ccc2c(c1)OCCO2)C1CCN(c2ccc(-c3ccncc3)nn2)CC1. The van der Waals surface area contributed by atoms with E-state index in [1.165, 1.54) is 0 Å². The van der Waals surface area contributed by atoms with Crippen LogP contribution in [0.25, 0.3) is 11.3 Å². The Bertz CT molecular complexity index is 1050. The number of ether oxygens (including phenoxy) is 2. The number of amides is 1. The van der Waals surface area contributed by atoms with Crippen LogP contribution in [0.5, 0.6) is 11.5 Å². The number of aromatic nitrogens is 3. The van der Waals surface area contributed by atoms with E-state index in [2.05, 4.69) is 25.4 Å². The Kier molecular flexibility index (Phi) is 5.35. The molecule has 0 unspecified atom stereocenters. The number of carbonyl (C=O) groups excluding carboxylic acids is 1. The summed E-state index contributed by atoms with van der Waals surface area (Å²) >= 11 is 0. The fourth-order valence-electron chi connectivity index (χ4n) is 3.91. The van der Waals surface area contributed by atoms with E-state index in [1.54, 1.807) is 12.4 Å². The number of carbonyl (C=O) groups is 1. The third-order valence-electron chi connectivity index (χ3n) is 5.63. The summed E-state index contributed by atoms with van der Waals surface area (Å²) in [5.41, 5.74) is 2.54. The number of nitrogens with one attached hydrogen (secondary N) is 1. The highest BCUT2D eigenvalue weighted by molar-refractivity contribution is 5.93. The van der Waals surface area contributed by atoms with Gasteiger partial charge in [0.25, 0.3) is 0 Å². The molecule has 2 aromatic heterocycles. The lowest BCUT2D eigenvalue weighted by molar-refractivity contribution is -0.120. The van der Waals surface area contributed by atoms with Crippen LogP contribution in [-0.4, -0.2) is 47.4 Å². The van der Waals surface area contributed by atoms with E-state index >= 15 is 0 Å². The molecule has 2 aliphatic rings. The number of pyridine rings is 1. The molecule has 8 heteroatoms. The molecule has 31 heavy (non-hydrogen) atoms. The number of fused-ring (bicyclic) bond motifs is 1. The molecule has 0 spiro atoms. The Morgan fingerprint density at radius 1 is 0.935 bits per heavy atom.